The predicted octanol–water partition coefficient (Wildman–Crippen LogP) is 2.12. The average molecular weight is 306 g/mol. The SMILES string of the molecule is Cc1nnc(NC(=O)[C@@H]2CC(c3cccc(F)c3)=NO2)s1. The largest absolute Gasteiger partial charge is 0.382 e. The maximum Gasteiger partial charge on any atom is 0.270 e. The second-order valence-electron chi connectivity index (χ2n) is 4.46. The lowest BCUT2D eigenvalue weighted by molar-refractivity contribution is -0.125. The van der Waals surface area contributed by atoms with Gasteiger partial charge in [0.25, 0.3) is 5.91 Å². The first-order valence-electron chi connectivity index (χ1n) is 6.21. The Balaban J connectivity index is 1.64. The summed E-state index contributed by atoms with van der Waals surface area (Å²) in [4.78, 5) is 17.1. The average Bonchev–Trinajstić information content (AvgIpc) is 3.08. The zero-order valence-electron chi connectivity index (χ0n) is 11.0. The van der Waals surface area contributed by atoms with E-state index in [4.69, 9.17) is 4.84 Å². The molecule has 0 bridgehead atoms. The van der Waals surface area contributed by atoms with Gasteiger partial charge in [0.15, 0.2) is 0 Å². The summed E-state index contributed by atoms with van der Waals surface area (Å²) >= 11 is 1.28. The Morgan fingerprint density at radius 1 is 1.48 bits per heavy atom. The highest BCUT2D eigenvalue weighted by molar-refractivity contribution is 7.15. The molecule has 0 radical (unpaired) electrons. The second kappa shape index (κ2) is 5.57. The van der Waals surface area contributed by atoms with Gasteiger partial charge >= 0.3 is 0 Å². The van der Waals surface area contributed by atoms with Crippen LogP contribution in [0, 0.1) is 12.7 Å². The molecule has 0 fully saturated rings. The summed E-state index contributed by atoms with van der Waals surface area (Å²) in [5.74, 6) is -0.700. The number of halogens is 1. The Morgan fingerprint density at radius 3 is 3.05 bits per heavy atom. The molecule has 0 aliphatic carbocycles. The van der Waals surface area contributed by atoms with Crippen LogP contribution in [0.15, 0.2) is 29.4 Å². The van der Waals surface area contributed by atoms with E-state index in [1.165, 1.54) is 23.5 Å². The van der Waals surface area contributed by atoms with Crippen molar-refractivity contribution in [1.82, 2.24) is 10.2 Å². The van der Waals surface area contributed by atoms with E-state index in [2.05, 4.69) is 20.7 Å². The molecule has 1 aliphatic rings. The van der Waals surface area contributed by atoms with Gasteiger partial charge in [-0.15, -0.1) is 10.2 Å². The first-order chi connectivity index (χ1) is 10.1. The summed E-state index contributed by atoms with van der Waals surface area (Å²) in [6.45, 7) is 1.80. The first kappa shape index (κ1) is 13.6. The van der Waals surface area contributed by atoms with E-state index in [9.17, 15) is 9.18 Å². The molecule has 0 saturated heterocycles. The van der Waals surface area contributed by atoms with Crippen molar-refractivity contribution in [3.8, 4) is 0 Å². The number of aryl methyl sites for hydroxylation is 1. The van der Waals surface area contributed by atoms with Gasteiger partial charge in [-0.2, -0.15) is 0 Å². The highest BCUT2D eigenvalue weighted by Crippen LogP contribution is 2.20. The van der Waals surface area contributed by atoms with Gasteiger partial charge in [0.05, 0.1) is 5.71 Å². The number of carbonyl (C=O) groups excluding carboxylic acids is 1. The van der Waals surface area contributed by atoms with Crippen molar-refractivity contribution in [1.29, 1.82) is 0 Å². The maximum atomic E-state index is 13.2. The zero-order valence-corrected chi connectivity index (χ0v) is 11.9. The van der Waals surface area contributed by atoms with Crippen molar-refractivity contribution in [3.63, 3.8) is 0 Å². The third-order valence-corrected chi connectivity index (χ3v) is 3.63. The van der Waals surface area contributed by atoms with E-state index < -0.39 is 6.10 Å². The summed E-state index contributed by atoms with van der Waals surface area (Å²) in [6.07, 6.45) is -0.458. The van der Waals surface area contributed by atoms with Crippen LogP contribution < -0.4 is 5.32 Å². The number of benzene rings is 1. The number of oxime groups is 1. The fraction of sp³-hybridized carbons (Fsp3) is 0.231. The van der Waals surface area contributed by atoms with Crippen molar-refractivity contribution in [3.05, 3.63) is 40.7 Å². The third kappa shape index (κ3) is 3.05. The Hall–Kier alpha value is -2.35. The van der Waals surface area contributed by atoms with Crippen molar-refractivity contribution in [2.24, 2.45) is 5.16 Å². The van der Waals surface area contributed by atoms with Crippen LogP contribution in [0.4, 0.5) is 9.52 Å². The van der Waals surface area contributed by atoms with Crippen LogP contribution in [0.1, 0.15) is 17.0 Å². The molecular formula is C13H11FN4O2S. The van der Waals surface area contributed by atoms with Gasteiger partial charge in [-0.05, 0) is 19.1 Å². The van der Waals surface area contributed by atoms with Crippen LogP contribution in [0.3, 0.4) is 0 Å². The van der Waals surface area contributed by atoms with Crippen LogP contribution >= 0.6 is 11.3 Å². The van der Waals surface area contributed by atoms with Gasteiger partial charge < -0.3 is 4.84 Å². The van der Waals surface area contributed by atoms with E-state index in [0.717, 1.165) is 5.01 Å². The Kier molecular flexibility index (Phi) is 3.61. The molecule has 1 N–H and O–H groups in total. The topological polar surface area (TPSA) is 76.5 Å². The highest BCUT2D eigenvalue weighted by Gasteiger charge is 2.29. The zero-order chi connectivity index (χ0) is 14.8. The van der Waals surface area contributed by atoms with Crippen LogP contribution in [-0.2, 0) is 9.63 Å². The quantitative estimate of drug-likeness (QED) is 0.942. The van der Waals surface area contributed by atoms with Gasteiger partial charge in [0.2, 0.25) is 11.2 Å². The highest BCUT2D eigenvalue weighted by atomic mass is 32.1. The molecule has 2 aromatic rings. The monoisotopic (exact) mass is 306 g/mol. The van der Waals surface area contributed by atoms with Crippen LogP contribution in [0.25, 0.3) is 0 Å². The molecule has 1 aromatic carbocycles. The van der Waals surface area contributed by atoms with Gasteiger partial charge in [0.1, 0.15) is 10.8 Å². The third-order valence-electron chi connectivity index (χ3n) is 2.88. The molecular weight excluding hydrogens is 295 g/mol. The normalized spacial score (nSPS) is 17.2. The van der Waals surface area contributed by atoms with Crippen LogP contribution in [0.2, 0.25) is 0 Å². The number of aromatic nitrogens is 2. The first-order valence-corrected chi connectivity index (χ1v) is 7.03. The van der Waals surface area contributed by atoms with Crippen LogP contribution in [0.5, 0.6) is 0 Å². The fourth-order valence-corrected chi connectivity index (χ4v) is 2.48. The van der Waals surface area contributed by atoms with Crippen molar-refractivity contribution in [2.75, 3.05) is 5.32 Å². The summed E-state index contributed by atoms with van der Waals surface area (Å²) in [5, 5.41) is 15.3. The van der Waals surface area contributed by atoms with E-state index in [1.807, 2.05) is 0 Å². The van der Waals surface area contributed by atoms with Crippen molar-refractivity contribution in [2.45, 2.75) is 19.4 Å². The molecule has 0 saturated carbocycles. The number of hydrogen-bond donors (Lipinski definition) is 1. The minimum atomic E-state index is -0.743. The van der Waals surface area contributed by atoms with E-state index >= 15 is 0 Å². The number of nitrogens with one attached hydrogen (secondary N) is 1. The summed E-state index contributed by atoms with van der Waals surface area (Å²) < 4.78 is 13.2. The minimum absolute atomic E-state index is 0.285. The summed E-state index contributed by atoms with van der Waals surface area (Å²) in [7, 11) is 0. The molecule has 3 rings (SSSR count). The van der Waals surface area contributed by atoms with E-state index in [1.54, 1.807) is 19.1 Å². The molecule has 6 nitrogen and oxygen atoms in total. The molecule has 108 valence electrons. The second-order valence-corrected chi connectivity index (χ2v) is 5.64. The fourth-order valence-electron chi connectivity index (χ4n) is 1.89. The standard InChI is InChI=1S/C13H11FN4O2S/c1-7-16-17-13(21-7)15-12(19)11-6-10(18-20-11)8-3-2-4-9(14)5-8/h2-5,11H,6H2,1H3,(H,15,17,19)/t11-/m0/s1. The predicted molar refractivity (Wildman–Crippen MR) is 75.7 cm³/mol. The Labute approximate surface area is 123 Å². The number of rotatable bonds is 3. The van der Waals surface area contributed by atoms with Crippen molar-refractivity contribution >= 4 is 28.1 Å². The van der Waals surface area contributed by atoms with Gasteiger partial charge in [0, 0.05) is 12.0 Å². The van der Waals surface area contributed by atoms with Crippen LogP contribution in [-0.4, -0.2) is 27.9 Å². The summed E-state index contributed by atoms with van der Waals surface area (Å²) in [6, 6.07) is 6.02. The maximum absolute atomic E-state index is 13.2. The minimum Gasteiger partial charge on any atom is -0.382 e. The number of nitrogens with zero attached hydrogens (tertiary/aromatic N) is 3. The van der Waals surface area contributed by atoms with Crippen molar-refractivity contribution < 1.29 is 14.0 Å². The molecule has 2 heterocycles. The molecule has 1 aliphatic heterocycles. The number of hydrogen-bond acceptors (Lipinski definition) is 6. The smallest absolute Gasteiger partial charge is 0.270 e. The molecule has 1 amide bonds. The number of amides is 1. The molecule has 0 unspecified atom stereocenters. The van der Waals surface area contributed by atoms with Gasteiger partial charge in [-0.25, -0.2) is 4.39 Å². The lowest BCUT2D eigenvalue weighted by Crippen LogP contribution is -2.28. The molecule has 8 heteroatoms. The Bertz CT molecular complexity index is 716. The molecule has 21 heavy (non-hydrogen) atoms. The van der Waals surface area contributed by atoms with Gasteiger partial charge in [-0.3, -0.25) is 10.1 Å². The molecule has 1 atom stereocenters. The Morgan fingerprint density at radius 2 is 2.33 bits per heavy atom. The number of anilines is 1. The molecule has 0 spiro atoms. The van der Waals surface area contributed by atoms with Gasteiger partial charge in [-0.1, -0.05) is 28.6 Å². The van der Waals surface area contributed by atoms with E-state index in [0.29, 0.717) is 16.4 Å². The molecule has 1 aromatic heterocycles. The summed E-state index contributed by atoms with van der Waals surface area (Å²) in [5.41, 5.74) is 1.15. The van der Waals surface area contributed by atoms with E-state index in [-0.39, 0.29) is 18.1 Å². The lowest BCUT2D eigenvalue weighted by atomic mass is 10.0. The number of carbonyl (C=O) groups is 1. The lowest BCUT2D eigenvalue weighted by Gasteiger charge is -2.06.